The standard InChI is InChI=1S/C21H25F2N5O5/c1-12(29)25-17-7-15(16(9-24-17)32-11-14-10-30-5-6-31-14)26-18-8-19(33-13-3-4-13)28-20(27-18)21(2,22)23/h7-9,13-14H,3-6,10-11H2,1-2H3,(H2,24,25,26,27,28,29)/t14-/m1/s1. The van der Waals surface area contributed by atoms with Crippen molar-refractivity contribution >= 4 is 23.2 Å². The van der Waals surface area contributed by atoms with Crippen molar-refractivity contribution in [3.63, 3.8) is 0 Å². The van der Waals surface area contributed by atoms with Crippen LogP contribution in [-0.4, -0.2) is 59.5 Å². The average Bonchev–Trinajstić information content (AvgIpc) is 3.57. The van der Waals surface area contributed by atoms with E-state index in [-0.39, 0.29) is 42.2 Å². The Labute approximate surface area is 189 Å². The molecule has 1 atom stereocenters. The summed E-state index contributed by atoms with van der Waals surface area (Å²) >= 11 is 0. The first-order valence-electron chi connectivity index (χ1n) is 10.6. The minimum Gasteiger partial charge on any atom is -0.487 e. The minimum absolute atomic E-state index is 0.0324. The summed E-state index contributed by atoms with van der Waals surface area (Å²) in [6, 6.07) is 2.95. The second kappa shape index (κ2) is 9.79. The fourth-order valence-corrected chi connectivity index (χ4v) is 2.96. The summed E-state index contributed by atoms with van der Waals surface area (Å²) in [4.78, 5) is 23.4. The molecule has 0 aromatic carbocycles. The van der Waals surface area contributed by atoms with Gasteiger partial charge in [-0.05, 0) is 12.8 Å². The molecule has 12 heteroatoms. The third-order valence-corrected chi connectivity index (χ3v) is 4.65. The fourth-order valence-electron chi connectivity index (χ4n) is 2.96. The van der Waals surface area contributed by atoms with Crippen LogP contribution < -0.4 is 20.1 Å². The molecule has 2 aromatic rings. The van der Waals surface area contributed by atoms with E-state index in [0.29, 0.717) is 31.3 Å². The number of carbonyl (C=O) groups excluding carboxylic acids is 1. The highest BCUT2D eigenvalue weighted by Gasteiger charge is 2.31. The van der Waals surface area contributed by atoms with Gasteiger partial charge in [-0.2, -0.15) is 13.8 Å². The lowest BCUT2D eigenvalue weighted by Gasteiger charge is -2.23. The maximum atomic E-state index is 14.0. The summed E-state index contributed by atoms with van der Waals surface area (Å²) in [7, 11) is 0. The van der Waals surface area contributed by atoms with Crippen molar-refractivity contribution in [3.05, 3.63) is 24.2 Å². The van der Waals surface area contributed by atoms with Crippen LogP contribution in [0.25, 0.3) is 0 Å². The Morgan fingerprint density at radius 1 is 1.24 bits per heavy atom. The highest BCUT2D eigenvalue weighted by molar-refractivity contribution is 5.88. The van der Waals surface area contributed by atoms with E-state index in [4.69, 9.17) is 18.9 Å². The molecule has 0 bridgehead atoms. The number of anilines is 3. The summed E-state index contributed by atoms with van der Waals surface area (Å²) in [5.74, 6) is -3.56. The number of alkyl halides is 2. The molecule has 1 amide bonds. The fraction of sp³-hybridized carbons (Fsp3) is 0.524. The number of halogens is 2. The van der Waals surface area contributed by atoms with Gasteiger partial charge in [-0.1, -0.05) is 0 Å². The highest BCUT2D eigenvalue weighted by atomic mass is 19.3. The molecule has 1 saturated heterocycles. The van der Waals surface area contributed by atoms with Gasteiger partial charge in [0, 0.05) is 26.0 Å². The van der Waals surface area contributed by atoms with Gasteiger partial charge in [0.2, 0.25) is 17.6 Å². The Morgan fingerprint density at radius 2 is 2.06 bits per heavy atom. The van der Waals surface area contributed by atoms with Crippen LogP contribution in [-0.2, 0) is 20.2 Å². The molecule has 33 heavy (non-hydrogen) atoms. The van der Waals surface area contributed by atoms with Gasteiger partial charge >= 0.3 is 5.92 Å². The molecule has 1 saturated carbocycles. The Balaban J connectivity index is 1.60. The van der Waals surface area contributed by atoms with Gasteiger partial charge in [0.1, 0.15) is 30.5 Å². The first-order chi connectivity index (χ1) is 15.8. The molecule has 1 aliphatic carbocycles. The topological polar surface area (TPSA) is 117 Å². The molecule has 0 spiro atoms. The molecule has 3 heterocycles. The van der Waals surface area contributed by atoms with Crippen LogP contribution in [0.15, 0.2) is 18.3 Å². The number of carbonyl (C=O) groups is 1. The SMILES string of the molecule is CC(=O)Nc1cc(Nc2cc(OC3CC3)nc(C(C)(F)F)n2)c(OC[C@H]2COCCO2)cn1. The van der Waals surface area contributed by atoms with Crippen molar-refractivity contribution in [3.8, 4) is 11.6 Å². The van der Waals surface area contributed by atoms with E-state index >= 15 is 0 Å². The van der Waals surface area contributed by atoms with Gasteiger partial charge in [0.05, 0.1) is 31.7 Å². The second-order valence-corrected chi connectivity index (χ2v) is 7.87. The van der Waals surface area contributed by atoms with Crippen molar-refractivity contribution in [2.75, 3.05) is 37.1 Å². The lowest BCUT2D eigenvalue weighted by atomic mass is 10.3. The van der Waals surface area contributed by atoms with Gasteiger partial charge in [0.25, 0.3) is 0 Å². The molecule has 178 valence electrons. The van der Waals surface area contributed by atoms with E-state index in [1.807, 2.05) is 0 Å². The summed E-state index contributed by atoms with van der Waals surface area (Å²) in [6.07, 6.45) is 2.81. The summed E-state index contributed by atoms with van der Waals surface area (Å²) in [5, 5.41) is 5.54. The summed E-state index contributed by atoms with van der Waals surface area (Å²) in [6.45, 7) is 3.64. The molecule has 2 aliphatic rings. The van der Waals surface area contributed by atoms with E-state index in [1.54, 1.807) is 0 Å². The minimum atomic E-state index is -3.27. The molecular formula is C21H25F2N5O5. The summed E-state index contributed by atoms with van der Waals surface area (Å²) in [5.41, 5.74) is 0.354. The number of hydrogen-bond donors (Lipinski definition) is 2. The number of aromatic nitrogens is 3. The van der Waals surface area contributed by atoms with E-state index in [1.165, 1.54) is 25.3 Å². The van der Waals surface area contributed by atoms with E-state index in [9.17, 15) is 13.6 Å². The molecular weight excluding hydrogens is 440 g/mol. The molecule has 2 fully saturated rings. The zero-order chi connectivity index (χ0) is 23.4. The maximum Gasteiger partial charge on any atom is 0.304 e. The number of hydrogen-bond acceptors (Lipinski definition) is 9. The molecule has 4 rings (SSSR count). The number of ether oxygens (including phenoxy) is 4. The van der Waals surface area contributed by atoms with Crippen molar-refractivity contribution in [1.82, 2.24) is 15.0 Å². The van der Waals surface area contributed by atoms with Crippen LogP contribution in [0.5, 0.6) is 11.6 Å². The van der Waals surface area contributed by atoms with Crippen LogP contribution in [0.2, 0.25) is 0 Å². The van der Waals surface area contributed by atoms with Gasteiger partial charge in [-0.3, -0.25) is 4.79 Å². The highest BCUT2D eigenvalue weighted by Crippen LogP contribution is 2.34. The van der Waals surface area contributed by atoms with Crippen molar-refractivity contribution in [2.45, 2.75) is 44.8 Å². The van der Waals surface area contributed by atoms with Crippen molar-refractivity contribution in [1.29, 1.82) is 0 Å². The Kier molecular flexibility index (Phi) is 6.84. The molecule has 0 unspecified atom stereocenters. The average molecular weight is 465 g/mol. The van der Waals surface area contributed by atoms with E-state index < -0.39 is 11.7 Å². The predicted octanol–water partition coefficient (Wildman–Crippen LogP) is 3.02. The Hall–Kier alpha value is -3.12. The number of amides is 1. The van der Waals surface area contributed by atoms with Gasteiger partial charge in [-0.25, -0.2) is 9.97 Å². The third-order valence-electron chi connectivity index (χ3n) is 4.65. The Bertz CT molecular complexity index is 993. The predicted molar refractivity (Wildman–Crippen MR) is 113 cm³/mol. The largest absolute Gasteiger partial charge is 0.487 e. The first-order valence-corrected chi connectivity index (χ1v) is 10.6. The van der Waals surface area contributed by atoms with Crippen molar-refractivity contribution in [2.24, 2.45) is 0 Å². The zero-order valence-electron chi connectivity index (χ0n) is 18.3. The number of nitrogens with zero attached hydrogens (tertiary/aromatic N) is 3. The smallest absolute Gasteiger partial charge is 0.304 e. The van der Waals surface area contributed by atoms with Crippen LogP contribution in [0.4, 0.5) is 26.1 Å². The molecule has 2 N–H and O–H groups in total. The van der Waals surface area contributed by atoms with Crippen LogP contribution in [0.3, 0.4) is 0 Å². The van der Waals surface area contributed by atoms with Crippen molar-refractivity contribution < 1.29 is 32.5 Å². The van der Waals surface area contributed by atoms with Gasteiger partial charge in [0.15, 0.2) is 5.75 Å². The van der Waals surface area contributed by atoms with E-state index in [2.05, 4.69) is 25.6 Å². The quantitative estimate of drug-likeness (QED) is 0.576. The molecule has 0 radical (unpaired) electrons. The van der Waals surface area contributed by atoms with Gasteiger partial charge < -0.3 is 29.6 Å². The molecule has 10 nitrogen and oxygen atoms in total. The van der Waals surface area contributed by atoms with Crippen LogP contribution in [0.1, 0.15) is 32.5 Å². The lowest BCUT2D eigenvalue weighted by molar-refractivity contribution is -0.114. The molecule has 2 aromatic heterocycles. The van der Waals surface area contributed by atoms with Gasteiger partial charge in [-0.15, -0.1) is 0 Å². The third kappa shape index (κ3) is 6.68. The van der Waals surface area contributed by atoms with Crippen LogP contribution >= 0.6 is 0 Å². The lowest BCUT2D eigenvalue weighted by Crippen LogP contribution is -2.33. The number of pyridine rings is 1. The maximum absolute atomic E-state index is 14.0. The zero-order valence-corrected chi connectivity index (χ0v) is 18.3. The number of rotatable bonds is 9. The second-order valence-electron chi connectivity index (χ2n) is 7.87. The normalized spacial score (nSPS) is 18.5. The Morgan fingerprint density at radius 3 is 2.73 bits per heavy atom. The first kappa shape index (κ1) is 23.1. The summed E-state index contributed by atoms with van der Waals surface area (Å²) < 4.78 is 50.4. The van der Waals surface area contributed by atoms with E-state index in [0.717, 1.165) is 19.8 Å². The van der Waals surface area contributed by atoms with Crippen LogP contribution in [0, 0.1) is 0 Å². The molecule has 1 aliphatic heterocycles. The number of nitrogens with one attached hydrogen (secondary N) is 2. The monoisotopic (exact) mass is 465 g/mol.